The summed E-state index contributed by atoms with van der Waals surface area (Å²) >= 11 is 5.79. The van der Waals surface area contributed by atoms with E-state index in [9.17, 15) is 10.1 Å². The number of nitro groups is 1. The first-order valence-electron chi connectivity index (χ1n) is 5.65. The summed E-state index contributed by atoms with van der Waals surface area (Å²) in [5, 5.41) is 14.5. The molecule has 0 spiro atoms. The van der Waals surface area contributed by atoms with Gasteiger partial charge in [-0.15, -0.1) is 0 Å². The van der Waals surface area contributed by atoms with Crippen molar-refractivity contribution < 1.29 is 4.92 Å². The van der Waals surface area contributed by atoms with E-state index in [0.717, 1.165) is 5.56 Å². The van der Waals surface area contributed by atoms with Gasteiger partial charge in [0.05, 0.1) is 11.0 Å². The number of nitrogens with zero attached hydrogens (tertiary/aromatic N) is 2. The predicted molar refractivity (Wildman–Crippen MR) is 74.4 cm³/mol. The second-order valence-corrected chi connectivity index (χ2v) is 4.53. The van der Waals surface area contributed by atoms with E-state index in [1.54, 1.807) is 19.1 Å². The Hall–Kier alpha value is -2.14. The lowest BCUT2D eigenvalue weighted by molar-refractivity contribution is -0.385. The Morgan fingerprint density at radius 2 is 2.05 bits per heavy atom. The Bertz CT molecular complexity index is 599. The third-order valence-electron chi connectivity index (χ3n) is 2.66. The highest BCUT2D eigenvalue weighted by Gasteiger charge is 2.11. The van der Waals surface area contributed by atoms with Gasteiger partial charge in [-0.1, -0.05) is 23.7 Å². The van der Waals surface area contributed by atoms with Gasteiger partial charge in [0.25, 0.3) is 5.69 Å². The highest BCUT2D eigenvalue weighted by atomic mass is 35.5. The summed E-state index contributed by atoms with van der Waals surface area (Å²) in [5.41, 5.74) is 1.63. The number of benzene rings is 1. The van der Waals surface area contributed by atoms with E-state index < -0.39 is 4.92 Å². The van der Waals surface area contributed by atoms with Crippen LogP contribution in [0.2, 0.25) is 5.02 Å². The van der Waals surface area contributed by atoms with Crippen LogP contribution in [0, 0.1) is 17.0 Å². The van der Waals surface area contributed by atoms with E-state index in [0.29, 0.717) is 22.9 Å². The van der Waals surface area contributed by atoms with Crippen LogP contribution in [0.1, 0.15) is 11.1 Å². The van der Waals surface area contributed by atoms with Gasteiger partial charge in [-0.2, -0.15) is 0 Å². The molecule has 19 heavy (non-hydrogen) atoms. The SMILES string of the molecule is Cc1cnc(NCc2ccc(Cl)cc2)cc1[N+](=O)[O-]. The first-order chi connectivity index (χ1) is 9.06. The van der Waals surface area contributed by atoms with Gasteiger partial charge in [-0.3, -0.25) is 10.1 Å². The molecule has 98 valence electrons. The Morgan fingerprint density at radius 3 is 2.68 bits per heavy atom. The number of hydrogen-bond donors (Lipinski definition) is 1. The Morgan fingerprint density at radius 1 is 1.37 bits per heavy atom. The molecule has 0 atom stereocenters. The van der Waals surface area contributed by atoms with Crippen LogP contribution in [-0.2, 0) is 6.54 Å². The minimum Gasteiger partial charge on any atom is -0.366 e. The maximum absolute atomic E-state index is 10.8. The summed E-state index contributed by atoms with van der Waals surface area (Å²) in [4.78, 5) is 14.5. The van der Waals surface area contributed by atoms with Crippen LogP contribution >= 0.6 is 11.6 Å². The third kappa shape index (κ3) is 3.42. The number of aryl methyl sites for hydroxylation is 1. The molecule has 1 heterocycles. The van der Waals surface area contributed by atoms with Crippen molar-refractivity contribution in [2.24, 2.45) is 0 Å². The average Bonchev–Trinajstić information content (AvgIpc) is 2.39. The largest absolute Gasteiger partial charge is 0.366 e. The zero-order valence-electron chi connectivity index (χ0n) is 10.3. The molecule has 0 radical (unpaired) electrons. The van der Waals surface area contributed by atoms with Crippen molar-refractivity contribution in [1.82, 2.24) is 4.98 Å². The van der Waals surface area contributed by atoms with E-state index in [1.165, 1.54) is 12.3 Å². The molecule has 2 rings (SSSR count). The van der Waals surface area contributed by atoms with Crippen molar-refractivity contribution >= 4 is 23.1 Å². The van der Waals surface area contributed by atoms with Crippen LogP contribution < -0.4 is 5.32 Å². The predicted octanol–water partition coefficient (Wildman–Crippen LogP) is 3.56. The van der Waals surface area contributed by atoms with Crippen LogP contribution in [0.4, 0.5) is 11.5 Å². The van der Waals surface area contributed by atoms with Crippen LogP contribution in [-0.4, -0.2) is 9.91 Å². The summed E-state index contributed by atoms with van der Waals surface area (Å²) in [5.74, 6) is 0.479. The number of anilines is 1. The van der Waals surface area contributed by atoms with Gasteiger partial charge in [-0.25, -0.2) is 4.98 Å². The van der Waals surface area contributed by atoms with Gasteiger partial charge < -0.3 is 5.32 Å². The highest BCUT2D eigenvalue weighted by Crippen LogP contribution is 2.20. The second kappa shape index (κ2) is 5.67. The zero-order valence-corrected chi connectivity index (χ0v) is 11.0. The summed E-state index contributed by atoms with van der Waals surface area (Å²) in [6.45, 7) is 2.19. The smallest absolute Gasteiger partial charge is 0.277 e. The summed E-state index contributed by atoms with van der Waals surface area (Å²) in [6, 6.07) is 8.80. The Kier molecular flexibility index (Phi) is 3.97. The minimum absolute atomic E-state index is 0.0635. The van der Waals surface area contributed by atoms with Crippen molar-refractivity contribution in [1.29, 1.82) is 0 Å². The molecule has 0 saturated heterocycles. The quantitative estimate of drug-likeness (QED) is 0.685. The molecular weight excluding hydrogens is 266 g/mol. The molecule has 0 unspecified atom stereocenters. The van der Waals surface area contributed by atoms with Crippen LogP contribution in [0.25, 0.3) is 0 Å². The number of aromatic nitrogens is 1. The van der Waals surface area contributed by atoms with Gasteiger partial charge >= 0.3 is 0 Å². The molecule has 0 fully saturated rings. The Balaban J connectivity index is 2.09. The zero-order chi connectivity index (χ0) is 13.8. The van der Waals surface area contributed by atoms with Crippen LogP contribution in [0.15, 0.2) is 36.5 Å². The first kappa shape index (κ1) is 13.3. The topological polar surface area (TPSA) is 68.1 Å². The summed E-state index contributed by atoms with van der Waals surface area (Å²) in [6.07, 6.45) is 1.49. The molecule has 1 aromatic heterocycles. The fourth-order valence-electron chi connectivity index (χ4n) is 1.60. The number of nitrogens with one attached hydrogen (secondary N) is 1. The molecule has 1 N–H and O–H groups in total. The number of halogens is 1. The van der Waals surface area contributed by atoms with Crippen LogP contribution in [0.3, 0.4) is 0 Å². The van der Waals surface area contributed by atoms with E-state index in [2.05, 4.69) is 10.3 Å². The van der Waals surface area contributed by atoms with Crippen molar-refractivity contribution in [2.45, 2.75) is 13.5 Å². The molecule has 1 aromatic carbocycles. The lowest BCUT2D eigenvalue weighted by atomic mass is 10.2. The van der Waals surface area contributed by atoms with E-state index in [1.807, 2.05) is 12.1 Å². The average molecular weight is 278 g/mol. The molecule has 5 nitrogen and oxygen atoms in total. The van der Waals surface area contributed by atoms with Crippen molar-refractivity contribution in [2.75, 3.05) is 5.32 Å². The number of pyridine rings is 1. The van der Waals surface area contributed by atoms with E-state index in [4.69, 9.17) is 11.6 Å². The normalized spacial score (nSPS) is 10.2. The Labute approximate surface area is 115 Å². The monoisotopic (exact) mass is 277 g/mol. The fraction of sp³-hybridized carbons (Fsp3) is 0.154. The van der Waals surface area contributed by atoms with Crippen molar-refractivity contribution in [3.63, 3.8) is 0 Å². The van der Waals surface area contributed by atoms with Crippen LogP contribution in [0.5, 0.6) is 0 Å². The van der Waals surface area contributed by atoms with Gasteiger partial charge in [0, 0.05) is 23.3 Å². The molecule has 0 aliphatic carbocycles. The standard InChI is InChI=1S/C13H12ClN3O2/c1-9-7-15-13(6-12(9)17(18)19)16-8-10-2-4-11(14)5-3-10/h2-7H,8H2,1H3,(H,15,16). The van der Waals surface area contributed by atoms with E-state index >= 15 is 0 Å². The van der Waals surface area contributed by atoms with Crippen molar-refractivity contribution in [3.8, 4) is 0 Å². The number of hydrogen-bond acceptors (Lipinski definition) is 4. The van der Waals surface area contributed by atoms with Crippen molar-refractivity contribution in [3.05, 3.63) is 62.8 Å². The lowest BCUT2D eigenvalue weighted by Crippen LogP contribution is -2.02. The lowest BCUT2D eigenvalue weighted by Gasteiger charge is -2.06. The molecule has 0 saturated carbocycles. The third-order valence-corrected chi connectivity index (χ3v) is 2.91. The van der Waals surface area contributed by atoms with Gasteiger partial charge in [-0.05, 0) is 24.6 Å². The minimum atomic E-state index is -0.412. The molecule has 0 aliphatic rings. The molecule has 0 bridgehead atoms. The summed E-state index contributed by atoms with van der Waals surface area (Å²) in [7, 11) is 0. The van der Waals surface area contributed by atoms with Gasteiger partial charge in [0.15, 0.2) is 0 Å². The second-order valence-electron chi connectivity index (χ2n) is 4.09. The number of rotatable bonds is 4. The van der Waals surface area contributed by atoms with Gasteiger partial charge in [0.2, 0.25) is 0 Å². The summed E-state index contributed by atoms with van der Waals surface area (Å²) < 4.78 is 0. The maximum atomic E-state index is 10.8. The molecular formula is C13H12ClN3O2. The molecule has 0 aliphatic heterocycles. The first-order valence-corrected chi connectivity index (χ1v) is 6.03. The molecule has 0 amide bonds. The fourth-order valence-corrected chi connectivity index (χ4v) is 1.73. The molecule has 6 heteroatoms. The molecule has 2 aromatic rings. The van der Waals surface area contributed by atoms with Gasteiger partial charge in [0.1, 0.15) is 5.82 Å². The maximum Gasteiger partial charge on any atom is 0.277 e. The highest BCUT2D eigenvalue weighted by molar-refractivity contribution is 6.30. The van der Waals surface area contributed by atoms with E-state index in [-0.39, 0.29) is 5.69 Å².